The minimum absolute atomic E-state index is 0.00357. The Bertz CT molecular complexity index is 602. The van der Waals surface area contributed by atoms with E-state index in [1.807, 2.05) is 43.3 Å². The fraction of sp³-hybridized carbons (Fsp3) is 0.500. The Balaban J connectivity index is 1.88. The molecule has 1 heterocycles. The van der Waals surface area contributed by atoms with Gasteiger partial charge in [-0.15, -0.1) is 0 Å². The lowest BCUT2D eigenvalue weighted by Crippen LogP contribution is -2.50. The summed E-state index contributed by atoms with van der Waals surface area (Å²) in [6.45, 7) is 3.60. The second-order valence-corrected chi connectivity index (χ2v) is 6.32. The van der Waals surface area contributed by atoms with Crippen molar-refractivity contribution in [1.29, 1.82) is 0 Å². The van der Waals surface area contributed by atoms with Crippen LogP contribution in [0.5, 0.6) is 0 Å². The molecular formula is C18H25N3O3. The molecule has 0 bridgehead atoms. The van der Waals surface area contributed by atoms with Crippen LogP contribution in [-0.4, -0.2) is 67.7 Å². The molecule has 1 aromatic carbocycles. The molecule has 0 atom stereocenters. The third-order valence-corrected chi connectivity index (χ3v) is 4.24. The Hall–Kier alpha value is -2.37. The highest BCUT2D eigenvalue weighted by Gasteiger charge is 2.24. The van der Waals surface area contributed by atoms with Gasteiger partial charge in [-0.25, -0.2) is 0 Å². The quantitative estimate of drug-likeness (QED) is 0.818. The summed E-state index contributed by atoms with van der Waals surface area (Å²) in [4.78, 5) is 41.0. The van der Waals surface area contributed by atoms with E-state index in [9.17, 15) is 14.4 Å². The van der Waals surface area contributed by atoms with Gasteiger partial charge in [0.2, 0.25) is 5.91 Å². The van der Waals surface area contributed by atoms with Gasteiger partial charge in [0.05, 0.1) is 0 Å². The number of amides is 2. The van der Waals surface area contributed by atoms with E-state index in [0.717, 1.165) is 5.69 Å². The molecule has 6 heteroatoms. The van der Waals surface area contributed by atoms with Gasteiger partial charge in [-0.3, -0.25) is 9.59 Å². The zero-order valence-electron chi connectivity index (χ0n) is 14.6. The van der Waals surface area contributed by atoms with E-state index < -0.39 is 0 Å². The molecule has 6 nitrogen and oxygen atoms in total. The lowest BCUT2D eigenvalue weighted by atomic mass is 10.1. The molecule has 1 saturated heterocycles. The molecule has 0 aliphatic carbocycles. The minimum atomic E-state index is -0.00682. The van der Waals surface area contributed by atoms with E-state index in [-0.39, 0.29) is 30.4 Å². The molecule has 0 unspecified atom stereocenters. The zero-order chi connectivity index (χ0) is 17.7. The zero-order valence-corrected chi connectivity index (χ0v) is 14.6. The molecular weight excluding hydrogens is 306 g/mol. The van der Waals surface area contributed by atoms with Gasteiger partial charge in [-0.05, 0) is 31.2 Å². The monoisotopic (exact) mass is 331 g/mol. The highest BCUT2D eigenvalue weighted by atomic mass is 16.2. The number of carbonyl (C=O) groups excluding carboxylic acids is 3. The molecule has 2 amide bonds. The van der Waals surface area contributed by atoms with Crippen LogP contribution in [0.3, 0.4) is 0 Å². The topological polar surface area (TPSA) is 60.9 Å². The van der Waals surface area contributed by atoms with Crippen molar-refractivity contribution in [2.24, 2.45) is 0 Å². The van der Waals surface area contributed by atoms with Crippen LogP contribution in [0.1, 0.15) is 30.1 Å². The first-order valence-electron chi connectivity index (χ1n) is 8.22. The van der Waals surface area contributed by atoms with Crippen LogP contribution in [0.25, 0.3) is 0 Å². The van der Waals surface area contributed by atoms with Crippen LogP contribution < -0.4 is 4.90 Å². The summed E-state index contributed by atoms with van der Waals surface area (Å²) in [7, 11) is 3.92. The van der Waals surface area contributed by atoms with Gasteiger partial charge in [0.1, 0.15) is 5.78 Å². The molecule has 0 spiro atoms. The first-order valence-corrected chi connectivity index (χ1v) is 8.22. The average Bonchev–Trinajstić information content (AvgIpc) is 2.59. The predicted octanol–water partition coefficient (Wildman–Crippen LogP) is 1.41. The SMILES string of the molecule is CC(=O)CCC(=O)N1CCN(C(=O)c2ccc(N(C)C)cc2)CC1. The van der Waals surface area contributed by atoms with E-state index in [2.05, 4.69) is 0 Å². The molecule has 0 saturated carbocycles. The highest BCUT2D eigenvalue weighted by Crippen LogP contribution is 2.15. The minimum Gasteiger partial charge on any atom is -0.378 e. The maximum absolute atomic E-state index is 12.5. The Kier molecular flexibility index (Phi) is 5.95. The van der Waals surface area contributed by atoms with Gasteiger partial charge in [0.15, 0.2) is 0 Å². The summed E-state index contributed by atoms with van der Waals surface area (Å²) in [5.74, 6) is 0.0158. The Morgan fingerprint density at radius 1 is 0.917 bits per heavy atom. The molecule has 0 radical (unpaired) electrons. The van der Waals surface area contributed by atoms with E-state index >= 15 is 0 Å². The van der Waals surface area contributed by atoms with Crippen molar-refractivity contribution in [3.05, 3.63) is 29.8 Å². The summed E-state index contributed by atoms with van der Waals surface area (Å²) in [5.41, 5.74) is 1.71. The number of carbonyl (C=O) groups is 3. The molecule has 0 N–H and O–H groups in total. The van der Waals surface area contributed by atoms with Gasteiger partial charge < -0.3 is 19.5 Å². The maximum atomic E-state index is 12.5. The Morgan fingerprint density at radius 3 is 1.96 bits per heavy atom. The van der Waals surface area contributed by atoms with Gasteiger partial charge in [-0.2, -0.15) is 0 Å². The third kappa shape index (κ3) is 4.57. The maximum Gasteiger partial charge on any atom is 0.253 e. The number of rotatable bonds is 5. The standard InChI is InChI=1S/C18H25N3O3/c1-14(22)4-9-17(23)20-10-12-21(13-11-20)18(24)15-5-7-16(8-6-15)19(2)3/h5-8H,4,9-13H2,1-3H3. The molecule has 24 heavy (non-hydrogen) atoms. The van der Waals surface area contributed by atoms with Crippen LogP contribution in [0, 0.1) is 0 Å². The summed E-state index contributed by atoms with van der Waals surface area (Å²) in [5, 5.41) is 0. The van der Waals surface area contributed by atoms with Crippen molar-refractivity contribution in [1.82, 2.24) is 9.80 Å². The lowest BCUT2D eigenvalue weighted by molar-refractivity contribution is -0.134. The van der Waals surface area contributed by atoms with Gasteiger partial charge >= 0.3 is 0 Å². The fourth-order valence-electron chi connectivity index (χ4n) is 2.68. The molecule has 1 aliphatic heterocycles. The lowest BCUT2D eigenvalue weighted by Gasteiger charge is -2.35. The predicted molar refractivity (Wildman–Crippen MR) is 93.2 cm³/mol. The van der Waals surface area contributed by atoms with Crippen molar-refractivity contribution in [2.45, 2.75) is 19.8 Å². The van der Waals surface area contributed by atoms with Crippen LogP contribution in [0.15, 0.2) is 24.3 Å². The normalized spacial score (nSPS) is 14.5. The van der Waals surface area contributed by atoms with Crippen LogP contribution in [-0.2, 0) is 9.59 Å². The Morgan fingerprint density at radius 2 is 1.46 bits per heavy atom. The highest BCUT2D eigenvalue weighted by molar-refractivity contribution is 5.94. The average molecular weight is 331 g/mol. The number of hydrogen-bond donors (Lipinski definition) is 0. The van der Waals surface area contributed by atoms with E-state index in [1.165, 1.54) is 6.92 Å². The van der Waals surface area contributed by atoms with Crippen molar-refractivity contribution in [3.63, 3.8) is 0 Å². The third-order valence-electron chi connectivity index (χ3n) is 4.24. The number of benzene rings is 1. The van der Waals surface area contributed by atoms with Crippen molar-refractivity contribution >= 4 is 23.3 Å². The second kappa shape index (κ2) is 7.95. The number of nitrogens with zero attached hydrogens (tertiary/aromatic N) is 3. The first kappa shape index (κ1) is 18.0. The van der Waals surface area contributed by atoms with Gasteiger partial charge in [-0.1, -0.05) is 0 Å². The number of hydrogen-bond acceptors (Lipinski definition) is 4. The Labute approximate surface area is 143 Å². The van der Waals surface area contributed by atoms with Crippen LogP contribution in [0.4, 0.5) is 5.69 Å². The number of Topliss-reactive ketones (excluding diaryl/α,β-unsaturated/α-hetero) is 1. The summed E-state index contributed by atoms with van der Waals surface area (Å²) < 4.78 is 0. The smallest absolute Gasteiger partial charge is 0.253 e. The largest absolute Gasteiger partial charge is 0.378 e. The molecule has 1 aromatic rings. The molecule has 0 aromatic heterocycles. The van der Waals surface area contributed by atoms with E-state index in [4.69, 9.17) is 0 Å². The summed E-state index contributed by atoms with van der Waals surface area (Å²) >= 11 is 0. The number of piperazine rings is 1. The second-order valence-electron chi connectivity index (χ2n) is 6.32. The van der Waals surface area contributed by atoms with Crippen molar-refractivity contribution < 1.29 is 14.4 Å². The van der Waals surface area contributed by atoms with E-state index in [1.54, 1.807) is 9.80 Å². The molecule has 130 valence electrons. The summed E-state index contributed by atoms with van der Waals surface area (Å²) in [6, 6.07) is 7.52. The summed E-state index contributed by atoms with van der Waals surface area (Å²) in [6.07, 6.45) is 0.547. The number of anilines is 1. The van der Waals surface area contributed by atoms with Crippen molar-refractivity contribution in [2.75, 3.05) is 45.2 Å². The van der Waals surface area contributed by atoms with Gasteiger partial charge in [0, 0.05) is 64.4 Å². The van der Waals surface area contributed by atoms with Crippen molar-refractivity contribution in [3.8, 4) is 0 Å². The number of ketones is 1. The molecule has 1 fully saturated rings. The van der Waals surface area contributed by atoms with E-state index in [0.29, 0.717) is 31.7 Å². The first-order chi connectivity index (χ1) is 11.4. The van der Waals surface area contributed by atoms with Crippen LogP contribution >= 0.6 is 0 Å². The fourth-order valence-corrected chi connectivity index (χ4v) is 2.68. The van der Waals surface area contributed by atoms with Gasteiger partial charge in [0.25, 0.3) is 5.91 Å². The van der Waals surface area contributed by atoms with Crippen LogP contribution in [0.2, 0.25) is 0 Å². The molecule has 2 rings (SSSR count). The molecule has 1 aliphatic rings.